The van der Waals surface area contributed by atoms with Crippen LogP contribution in [0.4, 0.5) is 0 Å². The summed E-state index contributed by atoms with van der Waals surface area (Å²) in [6, 6.07) is 6.33. The van der Waals surface area contributed by atoms with E-state index in [0.29, 0.717) is 10.0 Å². The van der Waals surface area contributed by atoms with Crippen molar-refractivity contribution in [2.45, 2.75) is 24.5 Å². The lowest BCUT2D eigenvalue weighted by molar-refractivity contribution is 0.281. The molecule has 0 aliphatic carbocycles. The molecule has 7 heteroatoms. The molecule has 0 bridgehead atoms. The van der Waals surface area contributed by atoms with Crippen molar-refractivity contribution in [2.24, 2.45) is 0 Å². The van der Waals surface area contributed by atoms with Crippen molar-refractivity contribution in [3.05, 3.63) is 50.6 Å². The summed E-state index contributed by atoms with van der Waals surface area (Å²) in [6.07, 6.45) is 0. The Balaban J connectivity index is 2.31. The van der Waals surface area contributed by atoms with Gasteiger partial charge in [0.2, 0.25) is 10.0 Å². The average Bonchev–Trinajstić information content (AvgIpc) is 2.92. The molecule has 0 fully saturated rings. The van der Waals surface area contributed by atoms with Gasteiger partial charge in [0.1, 0.15) is 0 Å². The second-order valence-electron chi connectivity index (χ2n) is 4.32. The number of halogens is 1. The highest BCUT2D eigenvalue weighted by molar-refractivity contribution is 9.10. The van der Waals surface area contributed by atoms with E-state index in [4.69, 9.17) is 5.11 Å². The molecule has 108 valence electrons. The first-order valence-electron chi connectivity index (χ1n) is 5.88. The smallest absolute Gasteiger partial charge is 0.242 e. The van der Waals surface area contributed by atoms with E-state index < -0.39 is 10.0 Å². The zero-order valence-corrected chi connectivity index (χ0v) is 13.9. The maximum Gasteiger partial charge on any atom is 0.242 e. The van der Waals surface area contributed by atoms with Crippen molar-refractivity contribution in [2.75, 3.05) is 0 Å². The van der Waals surface area contributed by atoms with Gasteiger partial charge in [-0.15, -0.1) is 0 Å². The van der Waals surface area contributed by atoms with E-state index in [1.54, 1.807) is 19.1 Å². The summed E-state index contributed by atoms with van der Waals surface area (Å²) in [6.45, 7) is 1.60. The zero-order chi connectivity index (χ0) is 14.8. The molecule has 1 unspecified atom stereocenters. The highest BCUT2D eigenvalue weighted by Gasteiger charge is 2.21. The Morgan fingerprint density at radius 1 is 1.40 bits per heavy atom. The van der Waals surface area contributed by atoms with Crippen LogP contribution in [0.25, 0.3) is 0 Å². The summed E-state index contributed by atoms with van der Waals surface area (Å²) in [7, 11) is -3.65. The van der Waals surface area contributed by atoms with E-state index in [1.165, 1.54) is 17.4 Å². The highest BCUT2D eigenvalue weighted by atomic mass is 79.9. The van der Waals surface area contributed by atoms with Crippen molar-refractivity contribution in [1.82, 2.24) is 4.72 Å². The number of benzene rings is 1. The molecule has 0 aliphatic rings. The summed E-state index contributed by atoms with van der Waals surface area (Å²) >= 11 is 4.76. The SMILES string of the molecule is CC(NS(=O)(=O)c1cc(CO)ccc1Br)c1ccsc1. The van der Waals surface area contributed by atoms with E-state index in [1.807, 2.05) is 16.8 Å². The van der Waals surface area contributed by atoms with Crippen LogP contribution >= 0.6 is 27.3 Å². The molecule has 1 atom stereocenters. The summed E-state index contributed by atoms with van der Waals surface area (Å²) in [5.41, 5.74) is 1.48. The molecule has 0 amide bonds. The Kier molecular flexibility index (Phi) is 4.98. The molecule has 0 radical (unpaired) electrons. The molecule has 1 aromatic heterocycles. The molecule has 2 N–H and O–H groups in total. The van der Waals surface area contributed by atoms with Crippen LogP contribution in [-0.4, -0.2) is 13.5 Å². The molecule has 2 aromatic rings. The monoisotopic (exact) mass is 375 g/mol. The van der Waals surface area contributed by atoms with Crippen molar-refractivity contribution >= 4 is 37.3 Å². The standard InChI is InChI=1S/C13H14BrNO3S2/c1-9(11-4-5-19-8-11)15-20(17,18)13-6-10(7-16)2-3-12(13)14/h2-6,8-9,15-16H,7H2,1H3. The minimum Gasteiger partial charge on any atom is -0.392 e. The van der Waals surface area contributed by atoms with Crippen molar-refractivity contribution in [3.63, 3.8) is 0 Å². The molecular formula is C13H14BrNO3S2. The normalized spacial score (nSPS) is 13.3. The van der Waals surface area contributed by atoms with Crippen LogP contribution in [0.3, 0.4) is 0 Å². The van der Waals surface area contributed by atoms with Crippen LogP contribution in [-0.2, 0) is 16.6 Å². The van der Waals surface area contributed by atoms with E-state index in [0.717, 1.165) is 5.56 Å². The third-order valence-corrected chi connectivity index (χ3v) is 6.08. The van der Waals surface area contributed by atoms with Crippen LogP contribution < -0.4 is 4.72 Å². The lowest BCUT2D eigenvalue weighted by atomic mass is 10.2. The third kappa shape index (κ3) is 3.48. The fourth-order valence-corrected chi connectivity index (χ4v) is 4.74. The molecule has 20 heavy (non-hydrogen) atoms. The molecule has 4 nitrogen and oxygen atoms in total. The predicted molar refractivity (Wildman–Crippen MR) is 83.1 cm³/mol. The van der Waals surface area contributed by atoms with Crippen LogP contribution in [0.5, 0.6) is 0 Å². The number of thiophene rings is 1. The second-order valence-corrected chi connectivity index (χ2v) is 7.64. The Hall–Kier alpha value is -0.730. The summed E-state index contributed by atoms with van der Waals surface area (Å²) < 4.78 is 27.9. The van der Waals surface area contributed by atoms with Crippen LogP contribution in [0, 0.1) is 0 Å². The molecule has 0 saturated heterocycles. The molecule has 0 aliphatic heterocycles. The minimum absolute atomic E-state index is 0.131. The summed E-state index contributed by atoms with van der Waals surface area (Å²) in [5, 5.41) is 12.9. The van der Waals surface area contributed by atoms with Crippen molar-refractivity contribution < 1.29 is 13.5 Å². The quantitative estimate of drug-likeness (QED) is 0.843. The van der Waals surface area contributed by atoms with Gasteiger partial charge >= 0.3 is 0 Å². The molecule has 0 spiro atoms. The number of hydrogen-bond donors (Lipinski definition) is 2. The third-order valence-electron chi connectivity index (χ3n) is 2.84. The molecule has 0 saturated carbocycles. The first-order chi connectivity index (χ1) is 9.44. The van der Waals surface area contributed by atoms with Gasteiger partial charge in [-0.05, 0) is 62.9 Å². The number of sulfonamides is 1. The summed E-state index contributed by atoms with van der Waals surface area (Å²) in [4.78, 5) is 0.131. The summed E-state index contributed by atoms with van der Waals surface area (Å²) in [5.74, 6) is 0. The fraction of sp³-hybridized carbons (Fsp3) is 0.231. The highest BCUT2D eigenvalue weighted by Crippen LogP contribution is 2.25. The first kappa shape index (κ1) is 15.7. The Labute approximate surface area is 130 Å². The van der Waals surface area contributed by atoms with E-state index >= 15 is 0 Å². The van der Waals surface area contributed by atoms with E-state index in [2.05, 4.69) is 20.7 Å². The average molecular weight is 376 g/mol. The lowest BCUT2D eigenvalue weighted by Gasteiger charge is -2.14. The first-order valence-corrected chi connectivity index (χ1v) is 9.09. The number of aliphatic hydroxyl groups excluding tert-OH is 1. The predicted octanol–water partition coefficient (Wildman–Crippen LogP) is 3.04. The Morgan fingerprint density at radius 3 is 2.75 bits per heavy atom. The number of hydrogen-bond acceptors (Lipinski definition) is 4. The molecular weight excluding hydrogens is 362 g/mol. The van der Waals surface area contributed by atoms with Crippen LogP contribution in [0.15, 0.2) is 44.4 Å². The van der Waals surface area contributed by atoms with Gasteiger partial charge < -0.3 is 5.11 Å². The minimum atomic E-state index is -3.65. The van der Waals surface area contributed by atoms with Gasteiger partial charge in [0.25, 0.3) is 0 Å². The maximum atomic E-state index is 12.4. The second kappa shape index (κ2) is 6.36. The number of aliphatic hydroxyl groups is 1. The van der Waals surface area contributed by atoms with Gasteiger partial charge in [-0.25, -0.2) is 13.1 Å². The lowest BCUT2D eigenvalue weighted by Crippen LogP contribution is -2.27. The topological polar surface area (TPSA) is 66.4 Å². The van der Waals surface area contributed by atoms with Gasteiger partial charge in [-0.1, -0.05) is 6.07 Å². The van der Waals surface area contributed by atoms with Crippen LogP contribution in [0.2, 0.25) is 0 Å². The van der Waals surface area contributed by atoms with Gasteiger partial charge in [-0.3, -0.25) is 0 Å². The number of nitrogens with one attached hydrogen (secondary N) is 1. The van der Waals surface area contributed by atoms with Crippen molar-refractivity contribution in [3.8, 4) is 0 Å². The largest absolute Gasteiger partial charge is 0.392 e. The molecule has 1 heterocycles. The zero-order valence-electron chi connectivity index (χ0n) is 10.7. The van der Waals surface area contributed by atoms with Gasteiger partial charge in [-0.2, -0.15) is 11.3 Å². The van der Waals surface area contributed by atoms with E-state index in [-0.39, 0.29) is 17.5 Å². The molecule has 2 rings (SSSR count). The molecule has 1 aromatic carbocycles. The van der Waals surface area contributed by atoms with E-state index in [9.17, 15) is 8.42 Å². The Morgan fingerprint density at radius 2 is 2.15 bits per heavy atom. The van der Waals surface area contributed by atoms with Crippen LogP contribution in [0.1, 0.15) is 24.1 Å². The maximum absolute atomic E-state index is 12.4. The van der Waals surface area contributed by atoms with Crippen molar-refractivity contribution in [1.29, 1.82) is 0 Å². The fourth-order valence-electron chi connectivity index (χ4n) is 1.74. The Bertz CT molecular complexity index is 684. The van der Waals surface area contributed by atoms with Gasteiger partial charge in [0, 0.05) is 10.5 Å². The van der Waals surface area contributed by atoms with Gasteiger partial charge in [0.15, 0.2) is 0 Å². The van der Waals surface area contributed by atoms with Gasteiger partial charge in [0.05, 0.1) is 11.5 Å². The number of rotatable bonds is 5.